The summed E-state index contributed by atoms with van der Waals surface area (Å²) in [4.78, 5) is 30.4. The van der Waals surface area contributed by atoms with Gasteiger partial charge in [-0.1, -0.05) is 24.3 Å². The summed E-state index contributed by atoms with van der Waals surface area (Å²) in [5.41, 5.74) is -0.323. The number of nitrogens with one attached hydrogen (secondary N) is 1. The van der Waals surface area contributed by atoms with E-state index in [1.165, 1.54) is 42.6 Å². The Balaban J connectivity index is 1.48. The third-order valence-electron chi connectivity index (χ3n) is 6.36. The Bertz CT molecular complexity index is 1960. The summed E-state index contributed by atoms with van der Waals surface area (Å²) in [5.74, 6) is -0.527. The van der Waals surface area contributed by atoms with Crippen molar-refractivity contribution < 1.29 is 31.8 Å². The number of anilines is 1. The normalized spacial score (nSPS) is 11.6. The first-order valence-electron chi connectivity index (χ1n) is 13.4. The van der Waals surface area contributed by atoms with Gasteiger partial charge in [0.1, 0.15) is 5.82 Å². The fourth-order valence-corrected chi connectivity index (χ4v) is 4.70. The van der Waals surface area contributed by atoms with Crippen molar-refractivity contribution in [2.24, 2.45) is 5.10 Å². The number of hydrogen-bond donors (Lipinski definition) is 1. The van der Waals surface area contributed by atoms with E-state index in [-0.39, 0.29) is 41.5 Å². The molecule has 0 aliphatic heterocycles. The van der Waals surface area contributed by atoms with Crippen LogP contribution >= 0.6 is 15.9 Å². The lowest BCUT2D eigenvalue weighted by molar-refractivity contribution is -0.137. The van der Waals surface area contributed by atoms with Crippen LogP contribution in [0.4, 0.5) is 23.2 Å². The molecular weight excluding hydrogens is 660 g/mol. The smallest absolute Gasteiger partial charge is 0.416 e. The standard InChI is InChI=1S/C32H23BrF4N4O4/c1-2-44-27-15-20(25(33)16-28(27)45-18-29(42)39-23-12-10-22(34)11-13-23)17-38-41-30(19-6-5-7-21(14-19)32(35,36)37)40-26-9-4-3-8-24(26)31(41)43/h3-17H,2,18H2,1H3,(H,39,42). The minimum absolute atomic E-state index is 0.0431. The SMILES string of the molecule is CCOc1cc(C=Nn2c(-c3cccc(C(F)(F)F)c3)nc3ccccc3c2=O)c(Br)cc1OCC(=O)Nc1ccc(F)cc1. The molecule has 1 aromatic heterocycles. The van der Waals surface area contributed by atoms with E-state index in [4.69, 9.17) is 9.47 Å². The lowest BCUT2D eigenvalue weighted by atomic mass is 10.1. The number of aromatic nitrogens is 2. The number of hydrogen-bond acceptors (Lipinski definition) is 6. The molecule has 13 heteroatoms. The van der Waals surface area contributed by atoms with Crippen molar-refractivity contribution in [3.8, 4) is 22.9 Å². The highest BCUT2D eigenvalue weighted by atomic mass is 79.9. The lowest BCUT2D eigenvalue weighted by Crippen LogP contribution is -2.21. The molecule has 0 radical (unpaired) electrons. The van der Waals surface area contributed by atoms with Gasteiger partial charge in [-0.25, -0.2) is 9.37 Å². The highest BCUT2D eigenvalue weighted by Gasteiger charge is 2.31. The summed E-state index contributed by atoms with van der Waals surface area (Å²) in [6.07, 6.45) is -3.28. The molecule has 0 saturated heterocycles. The van der Waals surface area contributed by atoms with E-state index in [1.54, 1.807) is 43.3 Å². The summed E-state index contributed by atoms with van der Waals surface area (Å²) in [5, 5.41) is 7.15. The Morgan fingerprint density at radius 1 is 1.00 bits per heavy atom. The number of nitrogens with zero attached hydrogens (tertiary/aromatic N) is 3. The topological polar surface area (TPSA) is 94.8 Å². The molecule has 0 aliphatic carbocycles. The van der Waals surface area contributed by atoms with Gasteiger partial charge >= 0.3 is 6.18 Å². The summed E-state index contributed by atoms with van der Waals surface area (Å²) in [6.45, 7) is 1.63. The molecule has 8 nitrogen and oxygen atoms in total. The Morgan fingerprint density at radius 2 is 1.73 bits per heavy atom. The fourth-order valence-electron chi connectivity index (χ4n) is 4.28. The Kier molecular flexibility index (Phi) is 9.28. The molecule has 4 aromatic carbocycles. The van der Waals surface area contributed by atoms with Crippen molar-refractivity contribution in [2.75, 3.05) is 18.5 Å². The molecule has 1 amide bonds. The van der Waals surface area contributed by atoms with Crippen LogP contribution < -0.4 is 20.3 Å². The fraction of sp³-hybridized carbons (Fsp3) is 0.125. The summed E-state index contributed by atoms with van der Waals surface area (Å²) in [7, 11) is 0. The highest BCUT2D eigenvalue weighted by Crippen LogP contribution is 2.34. The van der Waals surface area contributed by atoms with Crippen molar-refractivity contribution in [3.05, 3.63) is 117 Å². The van der Waals surface area contributed by atoms with Gasteiger partial charge in [-0.2, -0.15) is 22.9 Å². The van der Waals surface area contributed by atoms with Crippen LogP contribution in [0.1, 0.15) is 18.1 Å². The van der Waals surface area contributed by atoms with Crippen molar-refractivity contribution >= 4 is 44.6 Å². The maximum absolute atomic E-state index is 13.5. The predicted octanol–water partition coefficient (Wildman–Crippen LogP) is 7.28. The molecule has 0 atom stereocenters. The second kappa shape index (κ2) is 13.3. The largest absolute Gasteiger partial charge is 0.490 e. The maximum atomic E-state index is 13.5. The Morgan fingerprint density at radius 3 is 2.47 bits per heavy atom. The van der Waals surface area contributed by atoms with Gasteiger partial charge in [-0.3, -0.25) is 9.59 Å². The molecule has 0 saturated carbocycles. The van der Waals surface area contributed by atoms with E-state index in [2.05, 4.69) is 31.3 Å². The molecule has 230 valence electrons. The number of carbonyl (C=O) groups excluding carboxylic acids is 1. The molecule has 1 heterocycles. The number of amides is 1. The molecule has 1 N–H and O–H groups in total. The zero-order chi connectivity index (χ0) is 32.1. The number of alkyl halides is 3. The zero-order valence-electron chi connectivity index (χ0n) is 23.4. The number of fused-ring (bicyclic) bond motifs is 1. The number of rotatable bonds is 9. The van der Waals surface area contributed by atoms with E-state index in [0.717, 1.165) is 16.8 Å². The summed E-state index contributed by atoms with van der Waals surface area (Å²) < 4.78 is 66.4. The average Bonchev–Trinajstić information content (AvgIpc) is 3.02. The van der Waals surface area contributed by atoms with Crippen LogP contribution in [0, 0.1) is 5.82 Å². The molecule has 0 aliphatic rings. The second-order valence-corrected chi connectivity index (χ2v) is 10.3. The number of benzene rings is 4. The third-order valence-corrected chi connectivity index (χ3v) is 7.05. The number of ether oxygens (including phenoxy) is 2. The van der Waals surface area contributed by atoms with Gasteiger partial charge < -0.3 is 14.8 Å². The lowest BCUT2D eigenvalue weighted by Gasteiger charge is -2.14. The van der Waals surface area contributed by atoms with Gasteiger partial charge in [0.15, 0.2) is 23.9 Å². The minimum Gasteiger partial charge on any atom is -0.490 e. The molecule has 0 bridgehead atoms. The molecular formula is C32H23BrF4N4O4. The van der Waals surface area contributed by atoms with Gasteiger partial charge in [0.05, 0.1) is 29.3 Å². The first-order chi connectivity index (χ1) is 21.5. The third kappa shape index (κ3) is 7.37. The van der Waals surface area contributed by atoms with Crippen LogP contribution in [0.25, 0.3) is 22.3 Å². The Labute approximate surface area is 262 Å². The molecule has 5 rings (SSSR count). The van der Waals surface area contributed by atoms with Gasteiger partial charge in [-0.05, 0) is 83.5 Å². The van der Waals surface area contributed by atoms with Crippen molar-refractivity contribution in [2.45, 2.75) is 13.1 Å². The molecule has 45 heavy (non-hydrogen) atoms. The predicted molar refractivity (Wildman–Crippen MR) is 165 cm³/mol. The molecule has 0 fully saturated rings. The summed E-state index contributed by atoms with van der Waals surface area (Å²) >= 11 is 3.44. The van der Waals surface area contributed by atoms with Crippen molar-refractivity contribution in [1.82, 2.24) is 9.66 Å². The van der Waals surface area contributed by atoms with Crippen LogP contribution in [0.15, 0.2) is 99.3 Å². The van der Waals surface area contributed by atoms with Crippen molar-refractivity contribution in [3.63, 3.8) is 0 Å². The number of carbonyl (C=O) groups is 1. The van der Waals surface area contributed by atoms with E-state index < -0.39 is 29.0 Å². The zero-order valence-corrected chi connectivity index (χ0v) is 25.0. The molecule has 5 aromatic rings. The first kappa shape index (κ1) is 31.4. The minimum atomic E-state index is -4.60. The number of halogens is 5. The van der Waals surface area contributed by atoms with Crippen LogP contribution in [-0.2, 0) is 11.0 Å². The monoisotopic (exact) mass is 682 g/mol. The average molecular weight is 683 g/mol. The highest BCUT2D eigenvalue weighted by molar-refractivity contribution is 9.10. The van der Waals surface area contributed by atoms with Gasteiger partial charge in [-0.15, -0.1) is 0 Å². The van der Waals surface area contributed by atoms with E-state index >= 15 is 0 Å². The van der Waals surface area contributed by atoms with Gasteiger partial charge in [0.2, 0.25) is 0 Å². The van der Waals surface area contributed by atoms with Crippen LogP contribution in [-0.4, -0.2) is 35.0 Å². The van der Waals surface area contributed by atoms with E-state index in [9.17, 15) is 27.2 Å². The quantitative estimate of drug-likeness (QED) is 0.130. The molecule has 0 spiro atoms. The van der Waals surface area contributed by atoms with Crippen LogP contribution in [0.5, 0.6) is 11.5 Å². The maximum Gasteiger partial charge on any atom is 0.416 e. The van der Waals surface area contributed by atoms with Crippen LogP contribution in [0.3, 0.4) is 0 Å². The van der Waals surface area contributed by atoms with Gasteiger partial charge in [0, 0.05) is 21.3 Å². The summed E-state index contributed by atoms with van der Waals surface area (Å²) in [6, 6.07) is 19.3. The Hall–Kier alpha value is -5.04. The second-order valence-electron chi connectivity index (χ2n) is 9.49. The van der Waals surface area contributed by atoms with E-state index in [1.807, 2.05) is 0 Å². The van der Waals surface area contributed by atoms with Crippen molar-refractivity contribution in [1.29, 1.82) is 0 Å². The molecule has 0 unspecified atom stereocenters. The van der Waals surface area contributed by atoms with Gasteiger partial charge in [0.25, 0.3) is 11.5 Å². The first-order valence-corrected chi connectivity index (χ1v) is 14.2. The van der Waals surface area contributed by atoms with Crippen LogP contribution in [0.2, 0.25) is 0 Å². The number of para-hydroxylation sites is 1. The van der Waals surface area contributed by atoms with E-state index in [0.29, 0.717) is 21.2 Å².